The predicted molar refractivity (Wildman–Crippen MR) is 75.0 cm³/mol. The van der Waals surface area contributed by atoms with Gasteiger partial charge < -0.3 is 14.6 Å². The molecule has 0 radical (unpaired) electrons. The minimum absolute atomic E-state index is 0.263. The molecule has 1 aliphatic heterocycles. The zero-order valence-electron chi connectivity index (χ0n) is 11.6. The Morgan fingerprint density at radius 2 is 2.22 bits per heavy atom. The summed E-state index contributed by atoms with van der Waals surface area (Å²) in [5.41, 5.74) is 1.25. The molecule has 0 amide bonds. The number of hydrogen-bond acceptors (Lipinski definition) is 3. The van der Waals surface area contributed by atoms with Crippen LogP contribution >= 0.6 is 0 Å². The average molecular weight is 268 g/mol. The number of hydrogen-bond donors (Lipinski definition) is 1. The number of aliphatic hydroxyl groups is 1. The summed E-state index contributed by atoms with van der Waals surface area (Å²) in [6.07, 6.45) is 3.06. The van der Waals surface area contributed by atoms with E-state index in [-0.39, 0.29) is 12.4 Å². The Labute approximate surface area is 110 Å². The van der Waals surface area contributed by atoms with Crippen LogP contribution in [0.2, 0.25) is 19.6 Å². The summed E-state index contributed by atoms with van der Waals surface area (Å²) >= 11 is 0. The first-order valence-corrected chi connectivity index (χ1v) is 10.2. The van der Waals surface area contributed by atoms with Crippen LogP contribution in [0.4, 0.5) is 0 Å². The maximum Gasteiger partial charge on any atom is 0.180 e. The molecular weight excluding hydrogens is 244 g/mol. The number of fused-ring (bicyclic) bond motifs is 1. The standard InChI is InChI=1S/C14H24O3Si/c1-5-7-16-14-12-10(6-8-17-14)9-11(15)13(12)18(2,3)4/h5,10-11,14-15H,1,6-9H2,2-4H3/t10-,11+,14+/m0/s1. The molecule has 3 nitrogen and oxygen atoms in total. The maximum atomic E-state index is 10.3. The first-order chi connectivity index (χ1) is 8.45. The monoisotopic (exact) mass is 268 g/mol. The van der Waals surface area contributed by atoms with Crippen molar-refractivity contribution in [1.29, 1.82) is 0 Å². The fraction of sp³-hybridized carbons (Fsp3) is 0.714. The highest BCUT2D eigenvalue weighted by molar-refractivity contribution is 6.83. The van der Waals surface area contributed by atoms with Crippen molar-refractivity contribution in [2.24, 2.45) is 5.92 Å². The van der Waals surface area contributed by atoms with Gasteiger partial charge in [0.05, 0.1) is 27.4 Å². The Morgan fingerprint density at radius 3 is 2.83 bits per heavy atom. The van der Waals surface area contributed by atoms with Crippen molar-refractivity contribution in [2.75, 3.05) is 13.2 Å². The average Bonchev–Trinajstić information content (AvgIpc) is 2.62. The highest BCUT2D eigenvalue weighted by Crippen LogP contribution is 2.43. The number of ether oxygens (including phenoxy) is 2. The van der Waals surface area contributed by atoms with E-state index in [4.69, 9.17) is 9.47 Å². The van der Waals surface area contributed by atoms with Gasteiger partial charge in [-0.3, -0.25) is 0 Å². The van der Waals surface area contributed by atoms with Crippen molar-refractivity contribution in [3.63, 3.8) is 0 Å². The molecule has 0 aromatic carbocycles. The molecule has 1 N–H and O–H groups in total. The number of aliphatic hydroxyl groups excluding tert-OH is 1. The van der Waals surface area contributed by atoms with Crippen molar-refractivity contribution >= 4 is 8.07 Å². The van der Waals surface area contributed by atoms with Crippen molar-refractivity contribution in [1.82, 2.24) is 0 Å². The third kappa shape index (κ3) is 2.62. The van der Waals surface area contributed by atoms with E-state index in [1.54, 1.807) is 6.08 Å². The molecule has 0 aromatic heterocycles. The molecule has 2 aliphatic rings. The van der Waals surface area contributed by atoms with Crippen LogP contribution in [0.5, 0.6) is 0 Å². The highest BCUT2D eigenvalue weighted by atomic mass is 28.3. The van der Waals surface area contributed by atoms with Gasteiger partial charge in [-0.15, -0.1) is 6.58 Å². The smallest absolute Gasteiger partial charge is 0.180 e. The van der Waals surface area contributed by atoms with Crippen LogP contribution in [0.25, 0.3) is 0 Å². The first kappa shape index (κ1) is 14.0. The Kier molecular flexibility index (Phi) is 4.11. The van der Waals surface area contributed by atoms with E-state index in [2.05, 4.69) is 26.2 Å². The lowest BCUT2D eigenvalue weighted by Gasteiger charge is -2.32. The zero-order valence-corrected chi connectivity index (χ0v) is 12.6. The molecule has 1 heterocycles. The van der Waals surface area contributed by atoms with Gasteiger partial charge in [0.2, 0.25) is 0 Å². The van der Waals surface area contributed by atoms with Gasteiger partial charge >= 0.3 is 0 Å². The fourth-order valence-corrected chi connectivity index (χ4v) is 5.46. The van der Waals surface area contributed by atoms with Gasteiger partial charge in [0.1, 0.15) is 0 Å². The molecule has 4 heteroatoms. The summed E-state index contributed by atoms with van der Waals surface area (Å²) in [7, 11) is -1.53. The van der Waals surface area contributed by atoms with Crippen LogP contribution in [0.1, 0.15) is 12.8 Å². The summed E-state index contributed by atoms with van der Waals surface area (Å²) in [5.74, 6) is 0.449. The Morgan fingerprint density at radius 1 is 1.50 bits per heavy atom. The van der Waals surface area contributed by atoms with E-state index in [0.717, 1.165) is 19.4 Å². The molecule has 0 unspecified atom stereocenters. The van der Waals surface area contributed by atoms with Crippen LogP contribution in [-0.4, -0.2) is 38.8 Å². The second kappa shape index (κ2) is 5.29. The molecule has 0 saturated carbocycles. The maximum absolute atomic E-state index is 10.3. The van der Waals surface area contributed by atoms with Gasteiger partial charge in [-0.2, -0.15) is 0 Å². The SMILES string of the molecule is C=CCO[C@@H]1OCC[C@H]2C[C@@H](O)C([Si](C)(C)C)=C21. The molecule has 18 heavy (non-hydrogen) atoms. The van der Waals surface area contributed by atoms with E-state index < -0.39 is 8.07 Å². The van der Waals surface area contributed by atoms with Crippen molar-refractivity contribution in [3.05, 3.63) is 23.4 Å². The summed E-state index contributed by atoms with van der Waals surface area (Å²) in [6, 6.07) is 0. The van der Waals surface area contributed by atoms with Crippen LogP contribution < -0.4 is 0 Å². The molecule has 3 atom stereocenters. The lowest BCUT2D eigenvalue weighted by Crippen LogP contribution is -2.35. The summed E-state index contributed by atoms with van der Waals surface area (Å²) < 4.78 is 11.5. The van der Waals surface area contributed by atoms with Gasteiger partial charge in [-0.25, -0.2) is 0 Å². The molecule has 0 bridgehead atoms. The lowest BCUT2D eigenvalue weighted by atomic mass is 9.95. The predicted octanol–water partition coefficient (Wildman–Crippen LogP) is 2.49. The molecule has 102 valence electrons. The van der Waals surface area contributed by atoms with E-state index in [1.165, 1.54) is 10.8 Å². The zero-order chi connectivity index (χ0) is 13.3. The van der Waals surface area contributed by atoms with Gasteiger partial charge in [0.25, 0.3) is 0 Å². The second-order valence-corrected chi connectivity index (χ2v) is 11.2. The largest absolute Gasteiger partial charge is 0.389 e. The van der Waals surface area contributed by atoms with Gasteiger partial charge in [0.15, 0.2) is 6.29 Å². The summed E-state index contributed by atoms with van der Waals surface area (Å²) in [6.45, 7) is 11.7. The molecule has 1 fully saturated rings. The Balaban J connectivity index is 2.32. The quantitative estimate of drug-likeness (QED) is 0.629. The van der Waals surface area contributed by atoms with Crippen molar-refractivity contribution < 1.29 is 14.6 Å². The highest BCUT2D eigenvalue weighted by Gasteiger charge is 2.43. The normalized spacial score (nSPS) is 32.6. The fourth-order valence-electron chi connectivity index (χ4n) is 3.15. The molecule has 2 rings (SSSR count). The third-order valence-corrected chi connectivity index (χ3v) is 5.99. The van der Waals surface area contributed by atoms with Crippen LogP contribution in [0.15, 0.2) is 23.4 Å². The van der Waals surface area contributed by atoms with E-state index >= 15 is 0 Å². The topological polar surface area (TPSA) is 38.7 Å². The number of rotatable bonds is 4. The van der Waals surface area contributed by atoms with Crippen LogP contribution in [0, 0.1) is 5.92 Å². The molecular formula is C14H24O3Si. The van der Waals surface area contributed by atoms with Gasteiger partial charge in [-0.05, 0) is 29.5 Å². The molecule has 1 aliphatic carbocycles. The Hall–Kier alpha value is -0.423. The van der Waals surface area contributed by atoms with Crippen LogP contribution in [0.3, 0.4) is 0 Å². The third-order valence-electron chi connectivity index (χ3n) is 3.75. The first-order valence-electron chi connectivity index (χ1n) is 6.71. The molecule has 0 aromatic rings. The summed E-state index contributed by atoms with van der Waals surface area (Å²) in [5, 5.41) is 11.6. The van der Waals surface area contributed by atoms with Gasteiger partial charge in [-0.1, -0.05) is 25.7 Å². The Bertz CT molecular complexity index is 357. The van der Waals surface area contributed by atoms with Crippen LogP contribution in [-0.2, 0) is 9.47 Å². The van der Waals surface area contributed by atoms with Gasteiger partial charge in [0, 0.05) is 0 Å². The second-order valence-electron chi connectivity index (χ2n) is 6.18. The van der Waals surface area contributed by atoms with Crippen molar-refractivity contribution in [2.45, 2.75) is 44.9 Å². The van der Waals surface area contributed by atoms with Crippen molar-refractivity contribution in [3.8, 4) is 0 Å². The van der Waals surface area contributed by atoms with E-state index in [0.29, 0.717) is 12.5 Å². The minimum atomic E-state index is -1.53. The van der Waals surface area contributed by atoms with E-state index in [9.17, 15) is 5.11 Å². The summed E-state index contributed by atoms with van der Waals surface area (Å²) in [4.78, 5) is 0. The molecule has 0 spiro atoms. The van der Waals surface area contributed by atoms with E-state index in [1.807, 2.05) is 0 Å². The molecule has 1 saturated heterocycles. The lowest BCUT2D eigenvalue weighted by molar-refractivity contribution is -0.132. The minimum Gasteiger partial charge on any atom is -0.389 e.